The Morgan fingerprint density at radius 2 is 1.94 bits per heavy atom. The molecule has 1 unspecified atom stereocenters. The summed E-state index contributed by atoms with van der Waals surface area (Å²) in [5.74, 6) is 0.286. The molecule has 0 bridgehead atoms. The lowest BCUT2D eigenvalue weighted by Gasteiger charge is -2.30. The van der Waals surface area contributed by atoms with E-state index < -0.39 is 5.66 Å². The van der Waals surface area contributed by atoms with Crippen LogP contribution in [0.25, 0.3) is 0 Å². The van der Waals surface area contributed by atoms with Gasteiger partial charge in [0.1, 0.15) is 11.5 Å². The van der Waals surface area contributed by atoms with Crippen molar-refractivity contribution < 1.29 is 4.39 Å². The molecule has 1 aliphatic heterocycles. The Bertz CT molecular complexity index is 436. The van der Waals surface area contributed by atoms with Crippen LogP contribution in [0.5, 0.6) is 0 Å². The van der Waals surface area contributed by atoms with E-state index in [2.05, 4.69) is 5.32 Å². The average Bonchev–Trinajstić information content (AvgIpc) is 2.21. The Morgan fingerprint density at radius 1 is 1.25 bits per heavy atom. The van der Waals surface area contributed by atoms with E-state index in [0.717, 1.165) is 5.56 Å². The van der Waals surface area contributed by atoms with Gasteiger partial charge in [-0.3, -0.25) is 0 Å². The number of nitrogens with one attached hydrogen (secondary N) is 1. The van der Waals surface area contributed by atoms with Crippen LogP contribution in [-0.4, -0.2) is 5.66 Å². The second-order valence-corrected chi connectivity index (χ2v) is 3.95. The van der Waals surface area contributed by atoms with Gasteiger partial charge in [0.25, 0.3) is 0 Å². The number of halogens is 1. The van der Waals surface area contributed by atoms with E-state index in [1.54, 1.807) is 18.2 Å². The van der Waals surface area contributed by atoms with Crippen molar-refractivity contribution in [1.82, 2.24) is 5.32 Å². The Balaban J connectivity index is 2.13. The van der Waals surface area contributed by atoms with Crippen LogP contribution >= 0.6 is 0 Å². The van der Waals surface area contributed by atoms with Crippen LogP contribution in [0.1, 0.15) is 5.56 Å². The van der Waals surface area contributed by atoms with Crippen molar-refractivity contribution in [3.8, 4) is 0 Å². The zero-order chi connectivity index (χ0) is 11.6. The van der Waals surface area contributed by atoms with Crippen molar-refractivity contribution in [1.29, 1.82) is 0 Å². The predicted octanol–water partition coefficient (Wildman–Crippen LogP) is 0.983. The van der Waals surface area contributed by atoms with Crippen molar-refractivity contribution in [2.45, 2.75) is 12.1 Å². The van der Waals surface area contributed by atoms with E-state index in [1.807, 2.05) is 12.2 Å². The van der Waals surface area contributed by atoms with Gasteiger partial charge in [-0.1, -0.05) is 18.2 Å². The van der Waals surface area contributed by atoms with Gasteiger partial charge in [-0.05, 0) is 29.8 Å². The molecule has 3 nitrogen and oxygen atoms in total. The van der Waals surface area contributed by atoms with E-state index in [9.17, 15) is 4.39 Å². The number of hydrogen-bond donors (Lipinski definition) is 3. The molecule has 2 rings (SSSR count). The van der Waals surface area contributed by atoms with Gasteiger partial charge >= 0.3 is 0 Å². The Morgan fingerprint density at radius 3 is 2.56 bits per heavy atom. The highest BCUT2D eigenvalue weighted by Gasteiger charge is 2.23. The van der Waals surface area contributed by atoms with Crippen LogP contribution in [0.3, 0.4) is 0 Å². The first-order valence-corrected chi connectivity index (χ1v) is 5.04. The highest BCUT2D eigenvalue weighted by Crippen LogP contribution is 2.14. The molecule has 4 heteroatoms. The highest BCUT2D eigenvalue weighted by atomic mass is 19.1. The summed E-state index contributed by atoms with van der Waals surface area (Å²) in [6, 6.07) is 6.27. The zero-order valence-corrected chi connectivity index (χ0v) is 8.78. The Hall–Kier alpha value is -1.81. The molecule has 16 heavy (non-hydrogen) atoms. The van der Waals surface area contributed by atoms with Gasteiger partial charge in [-0.15, -0.1) is 0 Å². The minimum atomic E-state index is -0.698. The zero-order valence-electron chi connectivity index (χ0n) is 8.78. The first-order chi connectivity index (χ1) is 7.57. The summed E-state index contributed by atoms with van der Waals surface area (Å²) in [4.78, 5) is 0. The van der Waals surface area contributed by atoms with E-state index in [1.165, 1.54) is 12.1 Å². The van der Waals surface area contributed by atoms with Gasteiger partial charge < -0.3 is 16.8 Å². The predicted molar refractivity (Wildman–Crippen MR) is 61.6 cm³/mol. The number of rotatable bonds is 2. The summed E-state index contributed by atoms with van der Waals surface area (Å²) in [6.07, 6.45) is 5.95. The lowest BCUT2D eigenvalue weighted by molar-refractivity contribution is 0.446. The molecule has 84 valence electrons. The molecule has 1 heterocycles. The molecule has 0 saturated carbocycles. The molecule has 0 radical (unpaired) electrons. The lowest BCUT2D eigenvalue weighted by Crippen LogP contribution is -2.55. The molecule has 0 saturated heterocycles. The third-order valence-electron chi connectivity index (χ3n) is 2.46. The van der Waals surface area contributed by atoms with Gasteiger partial charge in [-0.25, -0.2) is 4.39 Å². The number of nitrogens with two attached hydrogens (primary N) is 2. The molecule has 0 spiro atoms. The smallest absolute Gasteiger partial charge is 0.123 e. The molecule has 0 aliphatic carbocycles. The Labute approximate surface area is 93.6 Å². The van der Waals surface area contributed by atoms with Crippen molar-refractivity contribution in [3.63, 3.8) is 0 Å². The number of allylic oxidation sites excluding steroid dienone is 2. The third kappa shape index (κ3) is 2.41. The van der Waals surface area contributed by atoms with E-state index >= 15 is 0 Å². The molecule has 1 aromatic carbocycles. The first kappa shape index (κ1) is 10.7. The SMILES string of the molecule is NC1=CC=CC(N)(Cc2ccc(F)cc2)N1. The monoisotopic (exact) mass is 219 g/mol. The van der Waals surface area contributed by atoms with Gasteiger partial charge in [0.15, 0.2) is 0 Å². The van der Waals surface area contributed by atoms with Crippen molar-refractivity contribution >= 4 is 0 Å². The van der Waals surface area contributed by atoms with Crippen LogP contribution in [-0.2, 0) is 6.42 Å². The van der Waals surface area contributed by atoms with Crippen molar-refractivity contribution in [2.24, 2.45) is 11.5 Å². The number of dihydropyridines is 1. The largest absolute Gasteiger partial charge is 0.385 e. The summed E-state index contributed by atoms with van der Waals surface area (Å²) in [6.45, 7) is 0. The molecule has 0 amide bonds. The lowest BCUT2D eigenvalue weighted by atomic mass is 9.98. The summed E-state index contributed by atoms with van der Waals surface area (Å²) < 4.78 is 12.7. The third-order valence-corrected chi connectivity index (χ3v) is 2.46. The fraction of sp³-hybridized carbons (Fsp3) is 0.167. The van der Waals surface area contributed by atoms with Crippen LogP contribution in [0.15, 0.2) is 48.3 Å². The Kier molecular flexibility index (Phi) is 2.66. The maximum atomic E-state index is 12.7. The second-order valence-electron chi connectivity index (χ2n) is 3.95. The summed E-state index contributed by atoms with van der Waals surface area (Å²) in [5, 5.41) is 2.99. The van der Waals surface area contributed by atoms with Crippen LogP contribution in [0.4, 0.5) is 4.39 Å². The first-order valence-electron chi connectivity index (χ1n) is 5.04. The van der Waals surface area contributed by atoms with Gasteiger partial charge in [0.2, 0.25) is 0 Å². The number of benzene rings is 1. The van der Waals surface area contributed by atoms with Crippen LogP contribution < -0.4 is 16.8 Å². The van der Waals surface area contributed by atoms with Crippen LogP contribution in [0.2, 0.25) is 0 Å². The van der Waals surface area contributed by atoms with Gasteiger partial charge in [0.05, 0.1) is 5.82 Å². The quantitative estimate of drug-likeness (QED) is 0.694. The number of hydrogen-bond acceptors (Lipinski definition) is 3. The van der Waals surface area contributed by atoms with Gasteiger partial charge in [-0.2, -0.15) is 0 Å². The van der Waals surface area contributed by atoms with Crippen LogP contribution in [0, 0.1) is 5.82 Å². The topological polar surface area (TPSA) is 64.1 Å². The maximum Gasteiger partial charge on any atom is 0.123 e. The van der Waals surface area contributed by atoms with Gasteiger partial charge in [0, 0.05) is 6.42 Å². The molecular formula is C12H14FN3. The van der Waals surface area contributed by atoms with E-state index in [-0.39, 0.29) is 5.82 Å². The van der Waals surface area contributed by atoms with E-state index in [0.29, 0.717) is 12.2 Å². The average molecular weight is 219 g/mol. The molecule has 0 fully saturated rings. The maximum absolute atomic E-state index is 12.7. The fourth-order valence-electron chi connectivity index (χ4n) is 1.72. The molecule has 0 aromatic heterocycles. The fourth-order valence-corrected chi connectivity index (χ4v) is 1.72. The molecular weight excluding hydrogens is 205 g/mol. The molecule has 5 N–H and O–H groups in total. The summed E-state index contributed by atoms with van der Waals surface area (Å²) >= 11 is 0. The highest BCUT2D eigenvalue weighted by molar-refractivity contribution is 5.27. The summed E-state index contributed by atoms with van der Waals surface area (Å²) in [5.41, 5.74) is 12.0. The van der Waals surface area contributed by atoms with Crippen molar-refractivity contribution in [3.05, 3.63) is 59.7 Å². The minimum Gasteiger partial charge on any atom is -0.385 e. The summed E-state index contributed by atoms with van der Waals surface area (Å²) in [7, 11) is 0. The minimum absolute atomic E-state index is 0.249. The normalized spacial score (nSPS) is 23.8. The van der Waals surface area contributed by atoms with E-state index in [4.69, 9.17) is 11.5 Å². The molecule has 1 aliphatic rings. The molecule has 1 atom stereocenters. The standard InChI is InChI=1S/C12H14FN3/c13-10-5-3-9(4-6-10)8-12(15)7-1-2-11(14)16-12/h1-7,16H,8,14-15H2. The second kappa shape index (κ2) is 3.98. The van der Waals surface area contributed by atoms with Crippen molar-refractivity contribution in [2.75, 3.05) is 0 Å². The molecule has 1 aromatic rings.